The molecule has 0 aliphatic carbocycles. The Balaban J connectivity index is 1.33. The number of carbonyl (C=O) groups is 1. The molecule has 0 aromatic carbocycles. The Labute approximate surface area is 150 Å². The summed E-state index contributed by atoms with van der Waals surface area (Å²) in [6.07, 6.45) is 8.88. The number of rotatable bonds is 4. The molecule has 3 saturated heterocycles. The van der Waals surface area contributed by atoms with Crippen molar-refractivity contribution in [2.45, 2.75) is 32.1 Å². The first-order valence-corrected chi connectivity index (χ1v) is 9.69. The van der Waals surface area contributed by atoms with Gasteiger partial charge < -0.3 is 14.5 Å². The molecule has 5 heteroatoms. The van der Waals surface area contributed by atoms with Crippen LogP contribution in [0.25, 0.3) is 0 Å². The van der Waals surface area contributed by atoms with E-state index in [1.807, 2.05) is 12.1 Å². The fraction of sp³-hybridized carbons (Fsp3) is 0.700. The number of likely N-dealkylation sites (tertiary alicyclic amines) is 2. The van der Waals surface area contributed by atoms with E-state index in [1.54, 1.807) is 12.4 Å². The van der Waals surface area contributed by atoms with Gasteiger partial charge in [0.2, 0.25) is 5.91 Å². The van der Waals surface area contributed by atoms with Crippen molar-refractivity contribution >= 4 is 5.91 Å². The predicted molar refractivity (Wildman–Crippen MR) is 96.2 cm³/mol. The van der Waals surface area contributed by atoms with Crippen LogP contribution in [0.5, 0.6) is 0 Å². The highest BCUT2D eigenvalue weighted by Gasteiger charge is 2.42. The third kappa shape index (κ3) is 4.04. The number of carbonyl (C=O) groups excluding carboxylic acids is 1. The minimum Gasteiger partial charge on any atom is -0.381 e. The van der Waals surface area contributed by atoms with E-state index < -0.39 is 0 Å². The molecule has 1 aromatic heterocycles. The normalized spacial score (nSPS) is 30.2. The van der Waals surface area contributed by atoms with Gasteiger partial charge in [0.05, 0.1) is 13.0 Å². The Morgan fingerprint density at radius 3 is 3.08 bits per heavy atom. The highest BCUT2D eigenvalue weighted by atomic mass is 16.5. The number of amides is 1. The summed E-state index contributed by atoms with van der Waals surface area (Å²) < 4.78 is 5.52. The van der Waals surface area contributed by atoms with Crippen LogP contribution in [0.1, 0.15) is 31.2 Å². The van der Waals surface area contributed by atoms with Gasteiger partial charge in [-0.2, -0.15) is 0 Å². The fourth-order valence-electron chi connectivity index (χ4n) is 4.82. The van der Waals surface area contributed by atoms with Crippen LogP contribution in [0.2, 0.25) is 0 Å². The van der Waals surface area contributed by atoms with Crippen molar-refractivity contribution < 1.29 is 9.53 Å². The van der Waals surface area contributed by atoms with Crippen LogP contribution < -0.4 is 0 Å². The molecule has 2 atom stereocenters. The second kappa shape index (κ2) is 7.42. The fourth-order valence-corrected chi connectivity index (χ4v) is 4.82. The van der Waals surface area contributed by atoms with Crippen LogP contribution in [-0.2, 0) is 16.0 Å². The van der Waals surface area contributed by atoms with Gasteiger partial charge in [-0.1, -0.05) is 6.07 Å². The summed E-state index contributed by atoms with van der Waals surface area (Å²) in [5.74, 6) is 0.969. The molecular formula is C20H29N3O2. The summed E-state index contributed by atoms with van der Waals surface area (Å²) in [6.45, 7) is 7.22. The summed E-state index contributed by atoms with van der Waals surface area (Å²) in [5, 5.41) is 0. The minimum atomic E-state index is 0.259. The summed E-state index contributed by atoms with van der Waals surface area (Å²) in [4.78, 5) is 21.6. The van der Waals surface area contributed by atoms with E-state index in [0.717, 1.165) is 44.8 Å². The van der Waals surface area contributed by atoms with Crippen molar-refractivity contribution in [3.05, 3.63) is 30.1 Å². The molecule has 1 aromatic rings. The first-order valence-electron chi connectivity index (χ1n) is 9.69. The number of pyridine rings is 1. The molecule has 0 unspecified atom stereocenters. The second-order valence-corrected chi connectivity index (χ2v) is 8.17. The van der Waals surface area contributed by atoms with Crippen LogP contribution >= 0.6 is 0 Å². The average molecular weight is 343 g/mol. The third-order valence-electron chi connectivity index (χ3n) is 6.15. The molecule has 5 nitrogen and oxygen atoms in total. The van der Waals surface area contributed by atoms with Crippen LogP contribution in [0.4, 0.5) is 0 Å². The highest BCUT2D eigenvalue weighted by molar-refractivity contribution is 5.78. The van der Waals surface area contributed by atoms with Crippen molar-refractivity contribution in [2.24, 2.45) is 11.3 Å². The van der Waals surface area contributed by atoms with E-state index in [9.17, 15) is 4.79 Å². The molecule has 3 aliphatic rings. The summed E-state index contributed by atoms with van der Waals surface area (Å²) >= 11 is 0. The minimum absolute atomic E-state index is 0.259. The SMILES string of the molecule is O=C(Cc1cccnc1)N1CCC[C@@]2(CCN(C[C@H]3CCOC3)C2)C1. The van der Waals surface area contributed by atoms with Crippen molar-refractivity contribution in [2.75, 3.05) is 45.9 Å². The molecule has 0 saturated carbocycles. The Morgan fingerprint density at radius 2 is 2.28 bits per heavy atom. The van der Waals surface area contributed by atoms with E-state index in [-0.39, 0.29) is 5.91 Å². The smallest absolute Gasteiger partial charge is 0.227 e. The molecule has 3 fully saturated rings. The molecule has 4 heterocycles. The van der Waals surface area contributed by atoms with Gasteiger partial charge in [0.15, 0.2) is 0 Å². The topological polar surface area (TPSA) is 45.7 Å². The quantitative estimate of drug-likeness (QED) is 0.839. The first kappa shape index (κ1) is 17.0. The predicted octanol–water partition coefficient (Wildman–Crippen LogP) is 1.98. The maximum absolute atomic E-state index is 12.7. The lowest BCUT2D eigenvalue weighted by Crippen LogP contribution is -2.48. The molecule has 4 rings (SSSR count). The molecule has 1 amide bonds. The van der Waals surface area contributed by atoms with Gasteiger partial charge in [0.1, 0.15) is 0 Å². The lowest BCUT2D eigenvalue weighted by Gasteiger charge is -2.40. The van der Waals surface area contributed by atoms with Gasteiger partial charge >= 0.3 is 0 Å². The van der Waals surface area contributed by atoms with Gasteiger partial charge in [-0.25, -0.2) is 0 Å². The lowest BCUT2D eigenvalue weighted by atomic mass is 9.79. The van der Waals surface area contributed by atoms with Crippen LogP contribution in [-0.4, -0.2) is 66.6 Å². The van der Waals surface area contributed by atoms with Crippen molar-refractivity contribution in [3.8, 4) is 0 Å². The van der Waals surface area contributed by atoms with E-state index in [2.05, 4.69) is 14.8 Å². The van der Waals surface area contributed by atoms with Crippen LogP contribution in [0.15, 0.2) is 24.5 Å². The zero-order valence-electron chi connectivity index (χ0n) is 15.0. The van der Waals surface area contributed by atoms with Crippen molar-refractivity contribution in [1.29, 1.82) is 0 Å². The van der Waals surface area contributed by atoms with Gasteiger partial charge in [0, 0.05) is 50.6 Å². The Bertz CT molecular complexity index is 588. The second-order valence-electron chi connectivity index (χ2n) is 8.17. The standard InChI is InChI=1S/C20H29N3O2/c24-19(11-17-3-1-7-21-12-17)23-8-2-5-20(16-23)6-9-22(15-20)13-18-4-10-25-14-18/h1,3,7,12,18H,2,4-6,8-11,13-16H2/t18-,20+/m1/s1. The first-order chi connectivity index (χ1) is 12.2. The number of nitrogens with zero attached hydrogens (tertiary/aromatic N) is 3. The number of aromatic nitrogens is 1. The average Bonchev–Trinajstić information content (AvgIpc) is 3.27. The van der Waals surface area contributed by atoms with Crippen LogP contribution in [0.3, 0.4) is 0 Å². The molecule has 136 valence electrons. The molecule has 0 N–H and O–H groups in total. The van der Waals surface area contributed by atoms with Gasteiger partial charge in [-0.05, 0) is 49.8 Å². The summed E-state index contributed by atoms with van der Waals surface area (Å²) in [6, 6.07) is 3.90. The maximum Gasteiger partial charge on any atom is 0.227 e. The molecular weight excluding hydrogens is 314 g/mol. The highest BCUT2D eigenvalue weighted by Crippen LogP contribution is 2.39. The van der Waals surface area contributed by atoms with Gasteiger partial charge in [-0.15, -0.1) is 0 Å². The van der Waals surface area contributed by atoms with E-state index in [4.69, 9.17) is 4.74 Å². The molecule has 3 aliphatic heterocycles. The lowest BCUT2D eigenvalue weighted by molar-refractivity contribution is -0.133. The molecule has 0 bridgehead atoms. The summed E-state index contributed by atoms with van der Waals surface area (Å²) in [5.41, 5.74) is 1.34. The Morgan fingerprint density at radius 1 is 1.32 bits per heavy atom. The Hall–Kier alpha value is -1.46. The van der Waals surface area contributed by atoms with E-state index in [1.165, 1.54) is 32.4 Å². The molecule has 1 spiro atoms. The number of hydrogen-bond acceptors (Lipinski definition) is 4. The van der Waals surface area contributed by atoms with Crippen molar-refractivity contribution in [1.82, 2.24) is 14.8 Å². The van der Waals surface area contributed by atoms with Gasteiger partial charge in [0.25, 0.3) is 0 Å². The number of piperidine rings is 1. The zero-order valence-corrected chi connectivity index (χ0v) is 15.0. The van der Waals surface area contributed by atoms with Crippen LogP contribution in [0, 0.1) is 11.3 Å². The molecule has 25 heavy (non-hydrogen) atoms. The third-order valence-corrected chi connectivity index (χ3v) is 6.15. The zero-order chi connectivity index (χ0) is 17.1. The number of hydrogen-bond donors (Lipinski definition) is 0. The van der Waals surface area contributed by atoms with E-state index >= 15 is 0 Å². The monoisotopic (exact) mass is 343 g/mol. The maximum atomic E-state index is 12.7. The summed E-state index contributed by atoms with van der Waals surface area (Å²) in [7, 11) is 0. The van der Waals surface area contributed by atoms with Crippen molar-refractivity contribution in [3.63, 3.8) is 0 Å². The van der Waals surface area contributed by atoms with Gasteiger partial charge in [-0.3, -0.25) is 9.78 Å². The largest absolute Gasteiger partial charge is 0.381 e. The number of ether oxygens (including phenoxy) is 1. The Kier molecular flexibility index (Phi) is 5.04. The molecule has 0 radical (unpaired) electrons. The van der Waals surface area contributed by atoms with E-state index in [0.29, 0.717) is 17.8 Å².